The number of benzene rings is 2. The molecule has 226 valence electrons. The van der Waals surface area contributed by atoms with Crippen molar-refractivity contribution in [1.82, 2.24) is 0 Å². The van der Waals surface area contributed by atoms with Gasteiger partial charge in [-0.2, -0.15) is 0 Å². The summed E-state index contributed by atoms with van der Waals surface area (Å²) in [6.07, 6.45) is -8.05. The van der Waals surface area contributed by atoms with E-state index in [1.165, 1.54) is 28.4 Å². The molecule has 0 spiro atoms. The quantitative estimate of drug-likeness (QED) is 0.280. The van der Waals surface area contributed by atoms with Crippen LogP contribution in [0.15, 0.2) is 24.3 Å². The van der Waals surface area contributed by atoms with E-state index in [9.17, 15) is 25.5 Å². The Hall–Kier alpha value is -3.04. The van der Waals surface area contributed by atoms with Crippen molar-refractivity contribution in [3.8, 4) is 34.5 Å². The Morgan fingerprint density at radius 3 is 1.71 bits per heavy atom. The lowest BCUT2D eigenvalue weighted by Gasteiger charge is -2.39. The van der Waals surface area contributed by atoms with Gasteiger partial charge in [0, 0.05) is 11.8 Å². The summed E-state index contributed by atoms with van der Waals surface area (Å²) >= 11 is 0. The fourth-order valence-electron chi connectivity index (χ4n) is 5.80. The summed E-state index contributed by atoms with van der Waals surface area (Å²) < 4.78 is 45.7. The summed E-state index contributed by atoms with van der Waals surface area (Å²) in [5.74, 6) is 1.07. The highest BCUT2D eigenvalue weighted by Crippen LogP contribution is 2.53. The average Bonchev–Trinajstić information content (AvgIpc) is 3.60. The van der Waals surface area contributed by atoms with Crippen LogP contribution >= 0.6 is 0 Å². The highest BCUT2D eigenvalue weighted by molar-refractivity contribution is 5.55. The van der Waals surface area contributed by atoms with Crippen molar-refractivity contribution in [3.05, 3.63) is 35.4 Å². The van der Waals surface area contributed by atoms with E-state index in [1.54, 1.807) is 24.3 Å². The van der Waals surface area contributed by atoms with E-state index < -0.39 is 43.4 Å². The number of phenolic OH excluding ortho intramolecular Hbond substituents is 1. The molecule has 2 aromatic carbocycles. The average molecular weight is 581 g/mol. The van der Waals surface area contributed by atoms with Gasteiger partial charge in [-0.1, -0.05) is 0 Å². The molecule has 5 rings (SSSR count). The lowest BCUT2D eigenvalue weighted by Crippen LogP contribution is -2.60. The minimum Gasteiger partial charge on any atom is -0.502 e. The third-order valence-electron chi connectivity index (χ3n) is 7.98. The number of rotatable bonds is 9. The van der Waals surface area contributed by atoms with Crippen LogP contribution in [0.2, 0.25) is 0 Å². The van der Waals surface area contributed by atoms with Crippen LogP contribution in [0.25, 0.3) is 0 Å². The summed E-state index contributed by atoms with van der Waals surface area (Å²) in [6.45, 7) is 0.190. The molecule has 3 saturated heterocycles. The molecule has 0 unspecified atom stereocenters. The Labute approximate surface area is 236 Å². The second-order valence-electron chi connectivity index (χ2n) is 10.2. The summed E-state index contributed by atoms with van der Waals surface area (Å²) in [5, 5.41) is 50.7. The molecule has 0 bridgehead atoms. The zero-order chi connectivity index (χ0) is 29.4. The topological polar surface area (TPSA) is 175 Å². The van der Waals surface area contributed by atoms with Crippen molar-refractivity contribution in [2.24, 2.45) is 11.8 Å². The predicted molar refractivity (Wildman–Crippen MR) is 140 cm³/mol. The number of methoxy groups -OCH3 is 4. The number of hydrogen-bond acceptors (Lipinski definition) is 13. The van der Waals surface area contributed by atoms with Gasteiger partial charge in [0.05, 0.1) is 60.5 Å². The Bertz CT molecular complexity index is 1190. The summed E-state index contributed by atoms with van der Waals surface area (Å²) in [7, 11) is 5.83. The fraction of sp³-hybridized carbons (Fsp3) is 0.571. The third-order valence-corrected chi connectivity index (χ3v) is 7.98. The molecular formula is C28H36O13. The number of phenols is 1. The second-order valence-corrected chi connectivity index (χ2v) is 10.2. The van der Waals surface area contributed by atoms with Gasteiger partial charge in [-0.05, 0) is 35.4 Å². The molecule has 13 nitrogen and oxygen atoms in total. The van der Waals surface area contributed by atoms with Gasteiger partial charge in [-0.15, -0.1) is 0 Å². The Balaban J connectivity index is 1.43. The predicted octanol–water partition coefficient (Wildman–Crippen LogP) is 0.680. The molecule has 13 heteroatoms. The second kappa shape index (κ2) is 12.1. The Morgan fingerprint density at radius 2 is 1.22 bits per heavy atom. The van der Waals surface area contributed by atoms with Crippen LogP contribution in [0.3, 0.4) is 0 Å². The molecule has 0 radical (unpaired) electrons. The third kappa shape index (κ3) is 5.23. The lowest BCUT2D eigenvalue weighted by atomic mass is 9.84. The normalized spacial score (nSPS) is 32.8. The van der Waals surface area contributed by atoms with Crippen molar-refractivity contribution in [1.29, 1.82) is 0 Å². The molecule has 2 aromatic rings. The first-order valence-corrected chi connectivity index (χ1v) is 13.2. The first-order chi connectivity index (χ1) is 19.8. The maximum absolute atomic E-state index is 10.5. The van der Waals surface area contributed by atoms with Gasteiger partial charge in [-0.3, -0.25) is 0 Å². The standard InChI is InChI=1S/C28H36O13/c1-34-16-5-12(6-17(35-2)21(16)30)25-14-10-39-26(15(14)11-38-25)13-7-18(36-3)27(37-4)19(8-13)40-28-24(33)23(32)22(31)20(9-29)41-28/h5-8,14-15,20,22-26,28-33H,9-11H2,1-4H3/t14-,15-,20+,22+,23-,24+,25+,26+,28+/m0/s1. The van der Waals surface area contributed by atoms with Crippen LogP contribution in [-0.2, 0) is 14.2 Å². The van der Waals surface area contributed by atoms with Crippen molar-refractivity contribution < 1.29 is 63.4 Å². The minimum atomic E-state index is -1.61. The molecule has 5 N–H and O–H groups in total. The van der Waals surface area contributed by atoms with Crippen LogP contribution in [-0.4, -0.2) is 104 Å². The van der Waals surface area contributed by atoms with E-state index in [0.29, 0.717) is 24.5 Å². The first kappa shape index (κ1) is 29.5. The molecular weight excluding hydrogens is 544 g/mol. The molecule has 0 aliphatic carbocycles. The number of hydrogen-bond donors (Lipinski definition) is 5. The Kier molecular flexibility index (Phi) is 8.66. The minimum absolute atomic E-state index is 0.0260. The number of aliphatic hydroxyl groups is 4. The number of ether oxygens (including phenoxy) is 8. The summed E-state index contributed by atoms with van der Waals surface area (Å²) in [6, 6.07) is 6.89. The summed E-state index contributed by atoms with van der Waals surface area (Å²) in [5.41, 5.74) is 1.48. The van der Waals surface area contributed by atoms with Gasteiger partial charge >= 0.3 is 0 Å². The monoisotopic (exact) mass is 580 g/mol. The molecule has 3 aliphatic heterocycles. The van der Waals surface area contributed by atoms with Gasteiger partial charge in [0.25, 0.3) is 0 Å². The van der Waals surface area contributed by atoms with Crippen LogP contribution in [0.4, 0.5) is 0 Å². The molecule has 0 amide bonds. The molecule has 0 aromatic heterocycles. The highest BCUT2D eigenvalue weighted by Gasteiger charge is 2.49. The maximum Gasteiger partial charge on any atom is 0.229 e. The zero-order valence-electron chi connectivity index (χ0n) is 23.1. The van der Waals surface area contributed by atoms with Gasteiger partial charge in [0.1, 0.15) is 24.4 Å². The zero-order valence-corrected chi connectivity index (χ0v) is 23.1. The van der Waals surface area contributed by atoms with E-state index in [-0.39, 0.29) is 46.7 Å². The van der Waals surface area contributed by atoms with Gasteiger partial charge < -0.3 is 63.4 Å². The smallest absolute Gasteiger partial charge is 0.229 e. The van der Waals surface area contributed by atoms with E-state index in [0.717, 1.165) is 5.56 Å². The molecule has 9 atom stereocenters. The fourth-order valence-corrected chi connectivity index (χ4v) is 5.80. The highest BCUT2D eigenvalue weighted by atomic mass is 16.7. The molecule has 3 heterocycles. The largest absolute Gasteiger partial charge is 0.502 e. The lowest BCUT2D eigenvalue weighted by molar-refractivity contribution is -0.277. The van der Waals surface area contributed by atoms with Crippen LogP contribution in [0.1, 0.15) is 23.3 Å². The maximum atomic E-state index is 10.5. The number of aromatic hydroxyl groups is 1. The van der Waals surface area contributed by atoms with Crippen LogP contribution < -0.4 is 23.7 Å². The van der Waals surface area contributed by atoms with Crippen LogP contribution in [0.5, 0.6) is 34.5 Å². The van der Waals surface area contributed by atoms with Gasteiger partial charge in [0.2, 0.25) is 17.8 Å². The number of aliphatic hydroxyl groups excluding tert-OH is 4. The van der Waals surface area contributed by atoms with Crippen molar-refractivity contribution in [2.75, 3.05) is 48.3 Å². The molecule has 41 heavy (non-hydrogen) atoms. The molecule has 3 aliphatic rings. The van der Waals surface area contributed by atoms with E-state index in [2.05, 4.69) is 0 Å². The van der Waals surface area contributed by atoms with Gasteiger partial charge in [0.15, 0.2) is 23.0 Å². The van der Waals surface area contributed by atoms with Gasteiger partial charge in [-0.25, -0.2) is 0 Å². The van der Waals surface area contributed by atoms with E-state index in [1.807, 2.05) is 0 Å². The van der Waals surface area contributed by atoms with E-state index in [4.69, 9.17) is 37.9 Å². The van der Waals surface area contributed by atoms with Crippen LogP contribution in [0, 0.1) is 11.8 Å². The molecule has 0 saturated carbocycles. The van der Waals surface area contributed by atoms with Crippen molar-refractivity contribution in [3.63, 3.8) is 0 Å². The number of fused-ring (bicyclic) bond motifs is 1. The van der Waals surface area contributed by atoms with E-state index >= 15 is 0 Å². The SMILES string of the molecule is COc1cc([C@H]2OC[C@H]3[C@@H]2CO[C@@H]3c2cc(OC)c(OC)c(O[C@@H]3O[C@H](CO)[C@@H](O)[C@H](O)[C@H]3O)c2)cc(OC)c1O. The van der Waals surface area contributed by atoms with Crippen molar-refractivity contribution >= 4 is 0 Å². The summed E-state index contributed by atoms with van der Waals surface area (Å²) in [4.78, 5) is 0. The van der Waals surface area contributed by atoms with Crippen molar-refractivity contribution in [2.45, 2.75) is 42.9 Å². The first-order valence-electron chi connectivity index (χ1n) is 13.2. The molecule has 3 fully saturated rings. The Morgan fingerprint density at radius 1 is 0.707 bits per heavy atom.